The smallest absolute Gasteiger partial charge is 0.256 e. The molecule has 2 N–H and O–H groups in total. The summed E-state index contributed by atoms with van der Waals surface area (Å²) in [5.41, 5.74) is 12.0. The fourth-order valence-electron chi connectivity index (χ4n) is 6.57. The van der Waals surface area contributed by atoms with Gasteiger partial charge in [0.2, 0.25) is 0 Å². The van der Waals surface area contributed by atoms with Crippen molar-refractivity contribution in [2.45, 2.75) is 27.7 Å². The monoisotopic (exact) mass is 718 g/mol. The number of amides is 2. The van der Waals surface area contributed by atoms with Crippen LogP contribution in [-0.2, 0) is 0 Å². The van der Waals surface area contributed by atoms with Gasteiger partial charge < -0.3 is 15.4 Å². The number of nitrogens with zero attached hydrogens (tertiary/aromatic N) is 2. The minimum absolute atomic E-state index is 0.226. The minimum atomic E-state index is -0.226. The van der Waals surface area contributed by atoms with E-state index >= 15 is 0 Å². The average molecular weight is 719 g/mol. The van der Waals surface area contributed by atoms with E-state index in [1.807, 2.05) is 72.8 Å². The van der Waals surface area contributed by atoms with Gasteiger partial charge in [-0.25, -0.2) is 9.97 Å². The number of anilines is 2. The van der Waals surface area contributed by atoms with Crippen LogP contribution in [-0.4, -0.2) is 21.8 Å². The molecular weight excluding hydrogens is 681 g/mol. The quantitative estimate of drug-likeness (QED) is 0.163. The Morgan fingerprint density at radius 3 is 1.25 bits per heavy atom. The van der Waals surface area contributed by atoms with Crippen LogP contribution >= 0.6 is 0 Å². The summed E-state index contributed by atoms with van der Waals surface area (Å²) in [5, 5.41) is 7.65. The van der Waals surface area contributed by atoms with E-state index in [0.29, 0.717) is 34.0 Å². The van der Waals surface area contributed by atoms with Gasteiger partial charge in [-0.05, 0) is 135 Å². The molecule has 55 heavy (non-hydrogen) atoms. The number of carbonyl (C=O) groups excluding carboxylic acids is 2. The molecule has 0 bridgehead atoms. The number of rotatable bonds is 8. The minimum Gasteiger partial charge on any atom is -0.457 e. The van der Waals surface area contributed by atoms with Crippen molar-refractivity contribution in [3.05, 3.63) is 179 Å². The van der Waals surface area contributed by atoms with E-state index in [0.717, 1.165) is 44.3 Å². The molecule has 0 unspecified atom stereocenters. The highest BCUT2D eigenvalue weighted by Crippen LogP contribution is 2.30. The number of hydrogen-bond donors (Lipinski definition) is 2. The molecule has 2 amide bonds. The van der Waals surface area contributed by atoms with Crippen molar-refractivity contribution in [3.8, 4) is 34.0 Å². The third-order valence-corrected chi connectivity index (χ3v) is 9.99. The van der Waals surface area contributed by atoms with Gasteiger partial charge in [0.25, 0.3) is 11.8 Å². The fourth-order valence-corrected chi connectivity index (χ4v) is 6.57. The highest BCUT2D eigenvalue weighted by atomic mass is 16.5. The molecular formula is C48H38N4O3. The molecule has 0 spiro atoms. The van der Waals surface area contributed by atoms with Crippen LogP contribution in [0.5, 0.6) is 11.5 Å². The van der Waals surface area contributed by atoms with Crippen LogP contribution in [0.2, 0.25) is 0 Å². The Hall–Kier alpha value is -7.12. The van der Waals surface area contributed by atoms with Crippen molar-refractivity contribution in [2.75, 3.05) is 10.6 Å². The van der Waals surface area contributed by atoms with Crippen molar-refractivity contribution in [3.63, 3.8) is 0 Å². The Morgan fingerprint density at radius 2 is 0.855 bits per heavy atom. The third-order valence-electron chi connectivity index (χ3n) is 9.99. The van der Waals surface area contributed by atoms with Gasteiger partial charge in [0, 0.05) is 33.3 Å². The summed E-state index contributed by atoms with van der Waals surface area (Å²) in [7, 11) is 0. The number of aryl methyl sites for hydroxylation is 4. The zero-order valence-electron chi connectivity index (χ0n) is 31.0. The van der Waals surface area contributed by atoms with E-state index in [1.54, 1.807) is 48.5 Å². The number of para-hydroxylation sites is 2. The first-order valence-electron chi connectivity index (χ1n) is 18.1. The lowest BCUT2D eigenvalue weighted by Gasteiger charge is -2.13. The second-order valence-corrected chi connectivity index (χ2v) is 13.8. The lowest BCUT2D eigenvalue weighted by atomic mass is 10.0. The molecule has 0 aliphatic carbocycles. The normalized spacial score (nSPS) is 11.1. The number of carbonyl (C=O) groups is 2. The molecule has 0 saturated heterocycles. The Labute approximate surface area is 319 Å². The maximum absolute atomic E-state index is 13.7. The molecule has 0 aliphatic heterocycles. The number of aromatic nitrogens is 2. The van der Waals surface area contributed by atoms with Crippen LogP contribution in [0.1, 0.15) is 43.0 Å². The number of nitrogens with one attached hydrogen (secondary N) is 2. The highest BCUT2D eigenvalue weighted by Gasteiger charge is 2.17. The summed E-state index contributed by atoms with van der Waals surface area (Å²) in [6, 6.07) is 45.9. The second-order valence-electron chi connectivity index (χ2n) is 13.8. The first-order valence-corrected chi connectivity index (χ1v) is 18.1. The molecule has 7 nitrogen and oxygen atoms in total. The molecule has 0 saturated carbocycles. The summed E-state index contributed by atoms with van der Waals surface area (Å²) in [6.07, 6.45) is 0. The van der Waals surface area contributed by atoms with Crippen LogP contribution in [0.25, 0.3) is 44.3 Å². The summed E-state index contributed by atoms with van der Waals surface area (Å²) in [5.74, 6) is 0.749. The largest absolute Gasteiger partial charge is 0.457 e. The van der Waals surface area contributed by atoms with E-state index in [9.17, 15) is 9.59 Å². The van der Waals surface area contributed by atoms with Crippen LogP contribution < -0.4 is 15.4 Å². The molecule has 0 atom stereocenters. The third kappa shape index (κ3) is 7.41. The topological polar surface area (TPSA) is 93.2 Å². The predicted molar refractivity (Wildman–Crippen MR) is 222 cm³/mol. The Balaban J connectivity index is 0.952. The van der Waals surface area contributed by atoms with Crippen LogP contribution in [0.3, 0.4) is 0 Å². The van der Waals surface area contributed by atoms with E-state index < -0.39 is 0 Å². The zero-order chi connectivity index (χ0) is 38.1. The molecule has 0 aliphatic rings. The maximum atomic E-state index is 13.7. The van der Waals surface area contributed by atoms with Gasteiger partial charge in [-0.15, -0.1) is 0 Å². The first-order chi connectivity index (χ1) is 26.7. The van der Waals surface area contributed by atoms with Crippen molar-refractivity contribution >= 4 is 45.0 Å². The van der Waals surface area contributed by atoms with E-state index in [4.69, 9.17) is 14.7 Å². The average Bonchev–Trinajstić information content (AvgIpc) is 3.20. The van der Waals surface area contributed by atoms with Gasteiger partial charge in [-0.1, -0.05) is 60.7 Å². The highest BCUT2D eigenvalue weighted by molar-refractivity contribution is 6.14. The molecule has 0 radical (unpaired) electrons. The Morgan fingerprint density at radius 1 is 0.455 bits per heavy atom. The first kappa shape index (κ1) is 34.9. The molecule has 8 rings (SSSR count). The molecule has 6 aromatic carbocycles. The number of pyridine rings is 2. The van der Waals surface area contributed by atoms with Gasteiger partial charge in [0.05, 0.1) is 33.5 Å². The van der Waals surface area contributed by atoms with E-state index in [2.05, 4.69) is 62.6 Å². The van der Waals surface area contributed by atoms with Crippen LogP contribution in [0, 0.1) is 27.7 Å². The Bertz CT molecular complexity index is 2570. The summed E-state index contributed by atoms with van der Waals surface area (Å²) < 4.78 is 6.11. The van der Waals surface area contributed by atoms with Gasteiger partial charge in [0.1, 0.15) is 11.5 Å². The number of ether oxygens (including phenoxy) is 1. The molecule has 2 heterocycles. The summed E-state index contributed by atoms with van der Waals surface area (Å²) >= 11 is 0. The van der Waals surface area contributed by atoms with Gasteiger partial charge in [0.15, 0.2) is 0 Å². The molecule has 7 heteroatoms. The number of benzene rings is 6. The van der Waals surface area contributed by atoms with Gasteiger partial charge >= 0.3 is 0 Å². The summed E-state index contributed by atoms with van der Waals surface area (Å²) in [6.45, 7) is 8.30. The SMILES string of the molecule is Cc1ccc(-c2cc(C(=O)Nc3ccc(Oc4ccc(NC(=O)c5cc(-c6ccc(C)c(C)c6)nc6ccccc56)cc4)cc3)c3ccccc3n2)cc1C. The lowest BCUT2D eigenvalue weighted by molar-refractivity contribution is 0.102. The fraction of sp³-hybridized carbons (Fsp3) is 0.0833. The number of hydrogen-bond acceptors (Lipinski definition) is 5. The zero-order valence-corrected chi connectivity index (χ0v) is 31.0. The summed E-state index contributed by atoms with van der Waals surface area (Å²) in [4.78, 5) is 37.1. The van der Waals surface area contributed by atoms with E-state index in [-0.39, 0.29) is 11.8 Å². The molecule has 2 aromatic heterocycles. The standard InChI is InChI=1S/C48H38N4O3/c1-29-13-15-33(25-31(29)3)45-27-41(39-9-5-7-11-43(39)51-45)47(53)49-35-17-21-37(22-18-35)55-38-23-19-36(20-24-38)50-48(54)42-28-46(34-16-14-30(2)32(4)26-34)52-44-12-8-6-10-40(42)44/h5-28H,1-4H3,(H,49,53)(H,50,54). The van der Waals surface area contributed by atoms with Crippen molar-refractivity contribution < 1.29 is 14.3 Å². The molecule has 268 valence electrons. The van der Waals surface area contributed by atoms with Crippen molar-refractivity contribution in [1.29, 1.82) is 0 Å². The maximum Gasteiger partial charge on any atom is 0.256 e. The van der Waals surface area contributed by atoms with Crippen LogP contribution in [0.4, 0.5) is 11.4 Å². The lowest BCUT2D eigenvalue weighted by Crippen LogP contribution is -2.13. The predicted octanol–water partition coefficient (Wildman–Crippen LogP) is 11.6. The van der Waals surface area contributed by atoms with Crippen molar-refractivity contribution in [1.82, 2.24) is 9.97 Å². The van der Waals surface area contributed by atoms with Crippen molar-refractivity contribution in [2.24, 2.45) is 0 Å². The number of fused-ring (bicyclic) bond motifs is 2. The second kappa shape index (κ2) is 14.7. The molecule has 8 aromatic rings. The van der Waals surface area contributed by atoms with E-state index in [1.165, 1.54) is 22.3 Å². The molecule has 0 fully saturated rings. The van der Waals surface area contributed by atoms with Gasteiger partial charge in [-0.2, -0.15) is 0 Å². The van der Waals surface area contributed by atoms with Gasteiger partial charge in [-0.3, -0.25) is 9.59 Å². The van der Waals surface area contributed by atoms with Crippen LogP contribution in [0.15, 0.2) is 146 Å². The Kier molecular flexibility index (Phi) is 9.35.